The third-order valence-electron chi connectivity index (χ3n) is 4.74. The maximum atomic E-state index is 2.44. The molecule has 0 heteroatoms. The van der Waals surface area contributed by atoms with Gasteiger partial charge in [0.25, 0.3) is 0 Å². The highest BCUT2D eigenvalue weighted by Gasteiger charge is 2.46. The zero-order chi connectivity index (χ0) is 10.2. The normalized spacial score (nSPS) is 41.8. The lowest BCUT2D eigenvalue weighted by Crippen LogP contribution is -2.47. The Morgan fingerprint density at radius 1 is 1.00 bits per heavy atom. The topological polar surface area (TPSA) is 0 Å². The molecule has 0 aliphatic heterocycles. The Morgan fingerprint density at radius 2 is 1.54 bits per heavy atom. The summed E-state index contributed by atoms with van der Waals surface area (Å²) in [5.74, 6) is 5.70. The molecule has 5 atom stereocenters. The average molecular weight is 182 g/mol. The van der Waals surface area contributed by atoms with Gasteiger partial charge in [-0.15, -0.1) is 0 Å². The molecule has 1 fully saturated rings. The van der Waals surface area contributed by atoms with E-state index in [-0.39, 0.29) is 0 Å². The molecule has 78 valence electrons. The molecular formula is C13H26. The van der Waals surface area contributed by atoms with E-state index in [4.69, 9.17) is 0 Å². The predicted octanol–water partition coefficient (Wildman–Crippen LogP) is 4.21. The maximum absolute atomic E-state index is 2.44. The second kappa shape index (κ2) is 4.02. The summed E-state index contributed by atoms with van der Waals surface area (Å²) >= 11 is 0. The van der Waals surface area contributed by atoms with Crippen molar-refractivity contribution in [1.29, 1.82) is 0 Å². The predicted molar refractivity (Wildman–Crippen MR) is 59.6 cm³/mol. The van der Waals surface area contributed by atoms with E-state index in [1.165, 1.54) is 6.42 Å². The molecule has 0 heterocycles. The molecule has 0 nitrogen and oxygen atoms in total. The Kier molecular flexibility index (Phi) is 3.43. The fraction of sp³-hybridized carbons (Fsp3) is 1.00. The van der Waals surface area contributed by atoms with Crippen LogP contribution in [0.25, 0.3) is 0 Å². The first-order chi connectivity index (χ1) is 6.00. The van der Waals surface area contributed by atoms with Crippen LogP contribution in [-0.2, 0) is 0 Å². The van der Waals surface area contributed by atoms with Crippen molar-refractivity contribution in [2.75, 3.05) is 0 Å². The SMILES string of the molecule is CCC1C(C)C(C)C1C(C)C(C)C. The fourth-order valence-corrected chi connectivity index (χ4v) is 3.29. The molecule has 1 aliphatic carbocycles. The zero-order valence-corrected chi connectivity index (χ0v) is 10.2. The summed E-state index contributed by atoms with van der Waals surface area (Å²) in [4.78, 5) is 0. The van der Waals surface area contributed by atoms with Crippen LogP contribution in [0.3, 0.4) is 0 Å². The van der Waals surface area contributed by atoms with E-state index in [0.29, 0.717) is 0 Å². The van der Waals surface area contributed by atoms with Crippen LogP contribution < -0.4 is 0 Å². The van der Waals surface area contributed by atoms with Gasteiger partial charge in [-0.3, -0.25) is 0 Å². The molecule has 1 aliphatic rings. The van der Waals surface area contributed by atoms with Gasteiger partial charge in [-0.05, 0) is 35.5 Å². The van der Waals surface area contributed by atoms with E-state index in [2.05, 4.69) is 41.5 Å². The maximum Gasteiger partial charge on any atom is -0.0327 e. The van der Waals surface area contributed by atoms with Gasteiger partial charge in [0.2, 0.25) is 0 Å². The van der Waals surface area contributed by atoms with Gasteiger partial charge < -0.3 is 0 Å². The van der Waals surface area contributed by atoms with Crippen molar-refractivity contribution < 1.29 is 0 Å². The molecule has 0 saturated heterocycles. The van der Waals surface area contributed by atoms with E-state index in [9.17, 15) is 0 Å². The van der Waals surface area contributed by atoms with Crippen LogP contribution >= 0.6 is 0 Å². The first kappa shape index (κ1) is 11.1. The van der Waals surface area contributed by atoms with Gasteiger partial charge in [0.15, 0.2) is 0 Å². The van der Waals surface area contributed by atoms with Crippen LogP contribution in [-0.4, -0.2) is 0 Å². The van der Waals surface area contributed by atoms with Gasteiger partial charge in [0.05, 0.1) is 0 Å². The highest BCUT2D eigenvalue weighted by Crippen LogP contribution is 2.52. The van der Waals surface area contributed by atoms with E-state index >= 15 is 0 Å². The summed E-state index contributed by atoms with van der Waals surface area (Å²) in [6, 6.07) is 0. The van der Waals surface area contributed by atoms with Crippen LogP contribution in [0.1, 0.15) is 48.0 Å². The highest BCUT2D eigenvalue weighted by molar-refractivity contribution is 4.94. The zero-order valence-electron chi connectivity index (χ0n) is 10.2. The van der Waals surface area contributed by atoms with Gasteiger partial charge in [-0.25, -0.2) is 0 Å². The van der Waals surface area contributed by atoms with Crippen LogP contribution in [0, 0.1) is 35.5 Å². The Labute approximate surface area is 84.1 Å². The summed E-state index contributed by atoms with van der Waals surface area (Å²) in [6.45, 7) is 14.4. The van der Waals surface area contributed by atoms with E-state index in [0.717, 1.165) is 35.5 Å². The Balaban J connectivity index is 2.59. The standard InChI is InChI=1S/C13H26/c1-7-12-10(5)11(6)13(12)9(4)8(2)3/h8-13H,7H2,1-6H3. The highest BCUT2D eigenvalue weighted by atomic mass is 14.5. The number of rotatable bonds is 3. The lowest BCUT2D eigenvalue weighted by atomic mass is 9.52. The van der Waals surface area contributed by atoms with Crippen LogP contribution in [0.4, 0.5) is 0 Å². The van der Waals surface area contributed by atoms with Crippen molar-refractivity contribution in [2.24, 2.45) is 35.5 Å². The summed E-state index contributed by atoms with van der Waals surface area (Å²) in [5.41, 5.74) is 0. The quantitative estimate of drug-likeness (QED) is 0.613. The Morgan fingerprint density at radius 3 is 1.92 bits per heavy atom. The molecule has 1 saturated carbocycles. The smallest absolute Gasteiger partial charge is 0.0327 e. The van der Waals surface area contributed by atoms with Gasteiger partial charge in [0.1, 0.15) is 0 Å². The van der Waals surface area contributed by atoms with Gasteiger partial charge >= 0.3 is 0 Å². The number of hydrogen-bond acceptors (Lipinski definition) is 0. The molecule has 5 unspecified atom stereocenters. The molecule has 13 heavy (non-hydrogen) atoms. The molecule has 0 amide bonds. The molecule has 0 aromatic rings. The van der Waals surface area contributed by atoms with Crippen molar-refractivity contribution >= 4 is 0 Å². The summed E-state index contributed by atoms with van der Waals surface area (Å²) in [7, 11) is 0. The molecular weight excluding hydrogens is 156 g/mol. The van der Waals surface area contributed by atoms with Gasteiger partial charge in [0, 0.05) is 0 Å². The minimum Gasteiger partial charge on any atom is -0.0651 e. The number of hydrogen-bond donors (Lipinski definition) is 0. The second-order valence-corrected chi connectivity index (χ2v) is 5.47. The Bertz CT molecular complexity index is 157. The first-order valence-corrected chi connectivity index (χ1v) is 6.00. The molecule has 0 spiro atoms. The fourth-order valence-electron chi connectivity index (χ4n) is 3.29. The second-order valence-electron chi connectivity index (χ2n) is 5.47. The van der Waals surface area contributed by atoms with Gasteiger partial charge in [-0.1, -0.05) is 48.0 Å². The molecule has 0 aromatic carbocycles. The van der Waals surface area contributed by atoms with Crippen molar-refractivity contribution in [3.05, 3.63) is 0 Å². The minimum atomic E-state index is 0.856. The largest absolute Gasteiger partial charge is 0.0651 e. The first-order valence-electron chi connectivity index (χ1n) is 6.00. The molecule has 0 aromatic heterocycles. The average Bonchev–Trinajstić information content (AvgIpc) is 2.10. The molecule has 0 radical (unpaired) electrons. The third-order valence-corrected chi connectivity index (χ3v) is 4.74. The summed E-state index contributed by atoms with van der Waals surface area (Å²) < 4.78 is 0. The van der Waals surface area contributed by atoms with Crippen LogP contribution in [0.15, 0.2) is 0 Å². The van der Waals surface area contributed by atoms with Crippen LogP contribution in [0.5, 0.6) is 0 Å². The monoisotopic (exact) mass is 182 g/mol. The minimum absolute atomic E-state index is 0.856. The molecule has 0 bridgehead atoms. The summed E-state index contributed by atoms with van der Waals surface area (Å²) in [6.07, 6.45) is 1.38. The van der Waals surface area contributed by atoms with Crippen molar-refractivity contribution in [1.82, 2.24) is 0 Å². The van der Waals surface area contributed by atoms with E-state index < -0.39 is 0 Å². The Hall–Kier alpha value is 0. The van der Waals surface area contributed by atoms with Crippen molar-refractivity contribution in [2.45, 2.75) is 48.0 Å². The van der Waals surface area contributed by atoms with Crippen molar-refractivity contribution in [3.8, 4) is 0 Å². The lowest BCUT2D eigenvalue weighted by molar-refractivity contribution is -0.0490. The summed E-state index contributed by atoms with van der Waals surface area (Å²) in [5, 5.41) is 0. The molecule has 1 rings (SSSR count). The third kappa shape index (κ3) is 1.78. The van der Waals surface area contributed by atoms with Gasteiger partial charge in [-0.2, -0.15) is 0 Å². The molecule has 0 N–H and O–H groups in total. The van der Waals surface area contributed by atoms with E-state index in [1.807, 2.05) is 0 Å². The lowest BCUT2D eigenvalue weighted by Gasteiger charge is -2.53. The van der Waals surface area contributed by atoms with E-state index in [1.54, 1.807) is 0 Å². The van der Waals surface area contributed by atoms with Crippen LogP contribution in [0.2, 0.25) is 0 Å². The van der Waals surface area contributed by atoms with Crippen molar-refractivity contribution in [3.63, 3.8) is 0 Å².